The Bertz CT molecular complexity index is 922. The van der Waals surface area contributed by atoms with Gasteiger partial charge in [-0.25, -0.2) is 18.5 Å². The number of rotatable bonds is 4. The van der Waals surface area contributed by atoms with Gasteiger partial charge in [-0.2, -0.15) is 0 Å². The number of hydrogen-bond acceptors (Lipinski definition) is 5. The highest BCUT2D eigenvalue weighted by Gasteiger charge is 2.20. The number of benzene rings is 1. The Hall–Kier alpha value is -2.45. The number of nitrogens with two attached hydrogens (primary N) is 1. The first-order chi connectivity index (χ1) is 12.3. The average Bonchev–Trinajstić information content (AvgIpc) is 2.62. The van der Waals surface area contributed by atoms with Gasteiger partial charge in [-0.05, 0) is 56.5 Å². The summed E-state index contributed by atoms with van der Waals surface area (Å²) in [6, 6.07) is 9.43. The summed E-state index contributed by atoms with van der Waals surface area (Å²) in [4.78, 5) is 19.4. The Kier molecular flexibility index (Phi) is 5.24. The molecule has 0 atom stereocenters. The number of nitrogens with one attached hydrogen (secondary N) is 1. The number of piperidine rings is 1. The van der Waals surface area contributed by atoms with Crippen molar-refractivity contribution in [2.24, 2.45) is 5.14 Å². The van der Waals surface area contributed by atoms with Crippen molar-refractivity contribution in [3.63, 3.8) is 0 Å². The zero-order chi connectivity index (χ0) is 18.7. The third-order valence-corrected chi connectivity index (χ3v) is 5.25. The van der Waals surface area contributed by atoms with Gasteiger partial charge in [0.05, 0.1) is 10.5 Å². The van der Waals surface area contributed by atoms with E-state index in [0.717, 1.165) is 31.6 Å². The minimum Gasteiger partial charge on any atom is -0.356 e. The third kappa shape index (κ3) is 4.20. The van der Waals surface area contributed by atoms with Crippen LogP contribution in [0, 0.1) is 6.92 Å². The molecule has 2 heterocycles. The zero-order valence-electron chi connectivity index (χ0n) is 14.6. The van der Waals surface area contributed by atoms with Gasteiger partial charge in [0.15, 0.2) is 0 Å². The molecule has 3 N–H and O–H groups in total. The summed E-state index contributed by atoms with van der Waals surface area (Å²) in [5, 5.41) is 7.89. The van der Waals surface area contributed by atoms with Gasteiger partial charge in [0, 0.05) is 24.5 Å². The minimum absolute atomic E-state index is 0.0476. The molecule has 26 heavy (non-hydrogen) atoms. The molecule has 8 heteroatoms. The van der Waals surface area contributed by atoms with Crippen molar-refractivity contribution in [2.45, 2.75) is 31.1 Å². The highest BCUT2D eigenvalue weighted by molar-refractivity contribution is 7.89. The molecule has 2 aromatic rings. The molecule has 3 rings (SSSR count). The number of aromatic nitrogens is 1. The van der Waals surface area contributed by atoms with Crippen molar-refractivity contribution in [1.29, 1.82) is 0 Å². The summed E-state index contributed by atoms with van der Waals surface area (Å²) in [6.45, 7) is 3.64. The van der Waals surface area contributed by atoms with E-state index in [4.69, 9.17) is 5.14 Å². The summed E-state index contributed by atoms with van der Waals surface area (Å²) in [6.07, 6.45) is 3.34. The summed E-state index contributed by atoms with van der Waals surface area (Å²) in [5.74, 6) is 0.342. The van der Waals surface area contributed by atoms with Crippen LogP contribution in [0.2, 0.25) is 0 Å². The number of nitrogens with zero attached hydrogens (tertiary/aromatic N) is 2. The van der Waals surface area contributed by atoms with Crippen molar-refractivity contribution in [1.82, 2.24) is 4.98 Å². The average molecular weight is 374 g/mol. The van der Waals surface area contributed by atoms with E-state index < -0.39 is 10.0 Å². The van der Waals surface area contributed by atoms with Gasteiger partial charge in [0.25, 0.3) is 5.91 Å². The number of carbonyl (C=O) groups excluding carboxylic acids is 1. The largest absolute Gasteiger partial charge is 0.356 e. The fourth-order valence-corrected chi connectivity index (χ4v) is 3.58. The van der Waals surface area contributed by atoms with Crippen molar-refractivity contribution >= 4 is 27.4 Å². The SMILES string of the molecule is Cc1ccc(C(=O)Nc2cccc(S(N)(=O)=O)c2)c(N2CCCCC2)n1. The van der Waals surface area contributed by atoms with Gasteiger partial charge in [-0.15, -0.1) is 0 Å². The van der Waals surface area contributed by atoms with E-state index in [9.17, 15) is 13.2 Å². The second-order valence-corrected chi connectivity index (χ2v) is 7.96. The predicted molar refractivity (Wildman–Crippen MR) is 101 cm³/mol. The molecule has 0 radical (unpaired) electrons. The normalized spacial score (nSPS) is 14.9. The maximum absolute atomic E-state index is 12.8. The van der Waals surface area contributed by atoms with Gasteiger partial charge >= 0.3 is 0 Å². The third-order valence-electron chi connectivity index (χ3n) is 4.34. The van der Waals surface area contributed by atoms with E-state index in [2.05, 4.69) is 15.2 Å². The molecule has 1 aromatic heterocycles. The van der Waals surface area contributed by atoms with E-state index in [1.165, 1.54) is 24.6 Å². The van der Waals surface area contributed by atoms with E-state index in [1.807, 2.05) is 6.92 Å². The molecule has 1 aromatic carbocycles. The first-order valence-electron chi connectivity index (χ1n) is 8.51. The first-order valence-corrected chi connectivity index (χ1v) is 10.1. The number of amides is 1. The van der Waals surface area contributed by atoms with Crippen LogP contribution in [0.3, 0.4) is 0 Å². The maximum atomic E-state index is 12.8. The fourth-order valence-electron chi connectivity index (χ4n) is 3.02. The van der Waals surface area contributed by atoms with Gasteiger partial charge in [-0.1, -0.05) is 6.07 Å². The van der Waals surface area contributed by atoms with E-state index in [-0.39, 0.29) is 10.8 Å². The second-order valence-electron chi connectivity index (χ2n) is 6.40. The Labute approximate surface area is 153 Å². The molecule has 0 aliphatic carbocycles. The Morgan fingerprint density at radius 1 is 1.15 bits per heavy atom. The van der Waals surface area contributed by atoms with Crippen LogP contribution in [0.4, 0.5) is 11.5 Å². The number of sulfonamides is 1. The van der Waals surface area contributed by atoms with Crippen LogP contribution in [0.5, 0.6) is 0 Å². The standard InChI is InChI=1S/C18H22N4O3S/c1-13-8-9-16(17(20-13)22-10-3-2-4-11-22)18(23)21-14-6-5-7-15(12-14)26(19,24)25/h5-9,12H,2-4,10-11H2,1H3,(H,21,23)(H2,19,24,25). The Morgan fingerprint density at radius 2 is 1.88 bits per heavy atom. The number of aryl methyl sites for hydroxylation is 1. The Balaban J connectivity index is 1.88. The summed E-state index contributed by atoms with van der Waals surface area (Å²) in [5.41, 5.74) is 1.68. The van der Waals surface area contributed by atoms with Gasteiger partial charge in [-0.3, -0.25) is 4.79 Å². The Morgan fingerprint density at radius 3 is 2.58 bits per heavy atom. The molecular weight excluding hydrogens is 352 g/mol. The van der Waals surface area contributed by atoms with Crippen LogP contribution in [0.15, 0.2) is 41.3 Å². The van der Waals surface area contributed by atoms with Crippen LogP contribution in [-0.4, -0.2) is 32.4 Å². The zero-order valence-corrected chi connectivity index (χ0v) is 15.4. The van der Waals surface area contributed by atoms with Crippen LogP contribution in [0.25, 0.3) is 0 Å². The lowest BCUT2D eigenvalue weighted by Gasteiger charge is -2.29. The predicted octanol–water partition coefficient (Wildman–Crippen LogP) is 2.28. The van der Waals surface area contributed by atoms with E-state index in [1.54, 1.807) is 18.2 Å². The van der Waals surface area contributed by atoms with Gasteiger partial charge < -0.3 is 10.2 Å². The van der Waals surface area contributed by atoms with Gasteiger partial charge in [0.2, 0.25) is 10.0 Å². The molecule has 0 bridgehead atoms. The second kappa shape index (κ2) is 7.43. The number of hydrogen-bond donors (Lipinski definition) is 2. The lowest BCUT2D eigenvalue weighted by Crippen LogP contribution is -2.32. The summed E-state index contributed by atoms with van der Waals surface area (Å²) in [7, 11) is -3.83. The highest BCUT2D eigenvalue weighted by atomic mass is 32.2. The fraction of sp³-hybridized carbons (Fsp3) is 0.333. The van der Waals surface area contributed by atoms with Crippen molar-refractivity contribution < 1.29 is 13.2 Å². The summed E-state index contributed by atoms with van der Waals surface area (Å²) < 4.78 is 23.0. The van der Waals surface area contributed by atoms with Crippen LogP contribution >= 0.6 is 0 Å². The lowest BCUT2D eigenvalue weighted by molar-refractivity contribution is 0.102. The molecule has 1 aliphatic heterocycles. The number of pyridine rings is 1. The van der Waals surface area contributed by atoms with Crippen molar-refractivity contribution in [3.05, 3.63) is 47.7 Å². The molecule has 1 amide bonds. The van der Waals surface area contributed by atoms with E-state index in [0.29, 0.717) is 17.1 Å². The van der Waals surface area contributed by atoms with Crippen molar-refractivity contribution in [3.8, 4) is 0 Å². The summed E-state index contributed by atoms with van der Waals surface area (Å²) >= 11 is 0. The molecule has 0 spiro atoms. The topological polar surface area (TPSA) is 105 Å². The minimum atomic E-state index is -3.83. The molecule has 1 fully saturated rings. The molecule has 7 nitrogen and oxygen atoms in total. The number of primary sulfonamides is 1. The van der Waals surface area contributed by atoms with E-state index >= 15 is 0 Å². The number of anilines is 2. The van der Waals surface area contributed by atoms with Gasteiger partial charge in [0.1, 0.15) is 5.82 Å². The molecule has 0 unspecified atom stereocenters. The van der Waals surface area contributed by atoms with Crippen LogP contribution in [-0.2, 0) is 10.0 Å². The smallest absolute Gasteiger partial charge is 0.259 e. The molecular formula is C18H22N4O3S. The van der Waals surface area contributed by atoms with Crippen LogP contribution < -0.4 is 15.4 Å². The highest BCUT2D eigenvalue weighted by Crippen LogP contribution is 2.24. The number of carbonyl (C=O) groups is 1. The maximum Gasteiger partial charge on any atom is 0.259 e. The molecule has 1 saturated heterocycles. The molecule has 0 saturated carbocycles. The molecule has 138 valence electrons. The van der Waals surface area contributed by atoms with Crippen molar-refractivity contribution in [2.75, 3.05) is 23.3 Å². The van der Waals surface area contributed by atoms with Crippen LogP contribution in [0.1, 0.15) is 35.3 Å². The quantitative estimate of drug-likeness (QED) is 0.854. The first kappa shape index (κ1) is 18.3. The molecule has 1 aliphatic rings. The lowest BCUT2D eigenvalue weighted by atomic mass is 10.1. The monoisotopic (exact) mass is 374 g/mol.